The molecule has 3 N–H and O–H groups in total. The van der Waals surface area contributed by atoms with Crippen LogP contribution in [0, 0.1) is 5.41 Å². The second kappa shape index (κ2) is 6.15. The zero-order valence-corrected chi connectivity index (χ0v) is 14.8. The highest BCUT2D eigenvalue weighted by Gasteiger charge is 2.35. The molecular formula is C15H21N3O5S. The van der Waals surface area contributed by atoms with Crippen LogP contribution in [0.4, 0.5) is 0 Å². The summed E-state index contributed by atoms with van der Waals surface area (Å²) >= 11 is 0. The van der Waals surface area contributed by atoms with Gasteiger partial charge < -0.3 is 10.1 Å². The predicted molar refractivity (Wildman–Crippen MR) is 90.5 cm³/mol. The van der Waals surface area contributed by atoms with Crippen LogP contribution in [-0.2, 0) is 10.0 Å². The maximum Gasteiger partial charge on any atom is 0.326 e. The van der Waals surface area contributed by atoms with Gasteiger partial charge in [-0.25, -0.2) is 13.2 Å². The summed E-state index contributed by atoms with van der Waals surface area (Å²) in [6.07, 6.45) is 0. The van der Waals surface area contributed by atoms with E-state index >= 15 is 0 Å². The number of aromatic nitrogens is 2. The molecule has 9 heteroatoms. The van der Waals surface area contributed by atoms with Crippen LogP contribution in [0.2, 0.25) is 0 Å². The van der Waals surface area contributed by atoms with E-state index in [4.69, 9.17) is 0 Å². The van der Waals surface area contributed by atoms with Crippen molar-refractivity contribution in [1.82, 2.24) is 14.3 Å². The molecule has 1 aromatic carbocycles. The first-order valence-corrected chi connectivity index (χ1v) is 8.77. The molecule has 0 radical (unpaired) electrons. The first kappa shape index (κ1) is 18.4. The van der Waals surface area contributed by atoms with E-state index in [0.29, 0.717) is 0 Å². The average Bonchev–Trinajstić information content (AvgIpc) is 2.45. The second-order valence-corrected chi connectivity index (χ2v) is 8.70. The van der Waals surface area contributed by atoms with Crippen molar-refractivity contribution in [1.29, 1.82) is 0 Å². The summed E-state index contributed by atoms with van der Waals surface area (Å²) in [5.74, 6) is 0. The highest BCUT2D eigenvalue weighted by atomic mass is 32.2. The number of nitrogens with one attached hydrogen (secondary N) is 2. The van der Waals surface area contributed by atoms with Crippen molar-refractivity contribution in [3.63, 3.8) is 0 Å². The summed E-state index contributed by atoms with van der Waals surface area (Å²) in [6, 6.07) is 3.28. The molecule has 8 nitrogen and oxygen atoms in total. The van der Waals surface area contributed by atoms with Gasteiger partial charge in [0.25, 0.3) is 5.56 Å². The number of fused-ring (bicyclic) bond motifs is 1. The lowest BCUT2D eigenvalue weighted by Gasteiger charge is -2.35. The minimum absolute atomic E-state index is 0.0698. The minimum atomic E-state index is -3.92. The first-order chi connectivity index (χ1) is 11.0. The summed E-state index contributed by atoms with van der Waals surface area (Å²) in [6.45, 7) is 5.15. The van der Waals surface area contributed by atoms with Crippen molar-refractivity contribution in [2.24, 2.45) is 5.41 Å². The van der Waals surface area contributed by atoms with Crippen LogP contribution in [0.25, 0.3) is 10.9 Å². The van der Waals surface area contributed by atoms with E-state index in [1.54, 1.807) is 0 Å². The summed E-state index contributed by atoms with van der Waals surface area (Å²) in [5, 5.41) is 9.66. The molecule has 1 heterocycles. The Morgan fingerprint density at radius 3 is 2.38 bits per heavy atom. The van der Waals surface area contributed by atoms with Gasteiger partial charge in [-0.1, -0.05) is 20.8 Å². The molecule has 2 rings (SSSR count). The standard InChI is InChI=1S/C15H21N3O5S/c1-15(2,3)12(8-19)18(4)24(22,23)9-5-6-11-10(7-9)13(20)17-14(21)16-11/h5-7,12,19H,8H2,1-4H3,(H2,16,17,20,21). The molecule has 24 heavy (non-hydrogen) atoms. The Balaban J connectivity index is 2.59. The molecule has 1 aromatic heterocycles. The summed E-state index contributed by atoms with van der Waals surface area (Å²) < 4.78 is 26.8. The summed E-state index contributed by atoms with van der Waals surface area (Å²) in [7, 11) is -2.53. The van der Waals surface area contributed by atoms with Crippen LogP contribution in [-0.4, -0.2) is 47.5 Å². The fourth-order valence-corrected chi connectivity index (χ4v) is 4.13. The van der Waals surface area contributed by atoms with Gasteiger partial charge in [0, 0.05) is 7.05 Å². The van der Waals surface area contributed by atoms with E-state index < -0.39 is 32.7 Å². The maximum atomic E-state index is 12.8. The fourth-order valence-electron chi connectivity index (χ4n) is 2.57. The number of aliphatic hydroxyl groups excluding tert-OH is 1. The van der Waals surface area contributed by atoms with E-state index in [1.165, 1.54) is 25.2 Å². The highest BCUT2D eigenvalue weighted by molar-refractivity contribution is 7.89. The quantitative estimate of drug-likeness (QED) is 0.725. The normalized spacial score (nSPS) is 14.2. The topological polar surface area (TPSA) is 123 Å². The van der Waals surface area contributed by atoms with Crippen LogP contribution >= 0.6 is 0 Å². The number of benzene rings is 1. The van der Waals surface area contributed by atoms with Crippen LogP contribution in [0.1, 0.15) is 20.8 Å². The van der Waals surface area contributed by atoms with Crippen molar-refractivity contribution in [3.8, 4) is 0 Å². The van der Waals surface area contributed by atoms with Crippen molar-refractivity contribution < 1.29 is 13.5 Å². The molecule has 0 aliphatic carbocycles. The maximum absolute atomic E-state index is 12.8. The highest BCUT2D eigenvalue weighted by Crippen LogP contribution is 2.28. The van der Waals surface area contributed by atoms with E-state index in [1.807, 2.05) is 20.8 Å². The molecule has 0 spiro atoms. The third-order valence-electron chi connectivity index (χ3n) is 4.00. The number of H-pyrrole nitrogens is 2. The zero-order valence-electron chi connectivity index (χ0n) is 14.0. The van der Waals surface area contributed by atoms with Gasteiger partial charge in [0.2, 0.25) is 10.0 Å². The largest absolute Gasteiger partial charge is 0.395 e. The van der Waals surface area contributed by atoms with E-state index in [-0.39, 0.29) is 22.4 Å². The monoisotopic (exact) mass is 355 g/mol. The number of likely N-dealkylation sites (N-methyl/N-ethyl adjacent to an activating group) is 1. The van der Waals surface area contributed by atoms with Crippen LogP contribution in [0.5, 0.6) is 0 Å². The number of rotatable bonds is 4. The summed E-state index contributed by atoms with van der Waals surface area (Å²) in [5.41, 5.74) is -1.55. The van der Waals surface area contributed by atoms with Gasteiger partial charge >= 0.3 is 5.69 Å². The van der Waals surface area contributed by atoms with Gasteiger partial charge in [-0.3, -0.25) is 9.78 Å². The fraction of sp³-hybridized carbons (Fsp3) is 0.467. The Bertz CT molecular complexity index is 969. The van der Waals surface area contributed by atoms with Gasteiger partial charge in [-0.05, 0) is 23.6 Å². The Labute approximate surface area is 139 Å². The van der Waals surface area contributed by atoms with E-state index in [9.17, 15) is 23.1 Å². The van der Waals surface area contributed by atoms with Gasteiger partial charge in [0.1, 0.15) is 0 Å². The Kier molecular flexibility index (Phi) is 4.71. The molecule has 1 unspecified atom stereocenters. The van der Waals surface area contributed by atoms with Crippen molar-refractivity contribution in [2.45, 2.75) is 31.7 Å². The lowest BCUT2D eigenvalue weighted by Crippen LogP contribution is -2.47. The van der Waals surface area contributed by atoms with Crippen molar-refractivity contribution in [3.05, 3.63) is 39.0 Å². The van der Waals surface area contributed by atoms with Crippen molar-refractivity contribution >= 4 is 20.9 Å². The van der Waals surface area contributed by atoms with E-state index in [0.717, 1.165) is 4.31 Å². The van der Waals surface area contributed by atoms with Crippen LogP contribution in [0.3, 0.4) is 0 Å². The molecule has 0 fully saturated rings. The Morgan fingerprint density at radius 1 is 1.21 bits per heavy atom. The molecule has 0 amide bonds. The molecule has 0 saturated heterocycles. The van der Waals surface area contributed by atoms with Crippen LogP contribution < -0.4 is 11.2 Å². The lowest BCUT2D eigenvalue weighted by molar-refractivity contribution is 0.115. The number of aromatic amines is 2. The molecule has 132 valence electrons. The molecule has 0 saturated carbocycles. The lowest BCUT2D eigenvalue weighted by atomic mass is 9.87. The number of hydrogen-bond donors (Lipinski definition) is 3. The van der Waals surface area contributed by atoms with Gasteiger partial charge in [-0.15, -0.1) is 0 Å². The zero-order chi connectivity index (χ0) is 18.3. The number of nitrogens with zero attached hydrogens (tertiary/aromatic N) is 1. The number of hydrogen-bond acceptors (Lipinski definition) is 5. The van der Waals surface area contributed by atoms with Gasteiger partial charge in [-0.2, -0.15) is 4.31 Å². The number of aliphatic hydroxyl groups is 1. The average molecular weight is 355 g/mol. The molecule has 0 aliphatic rings. The molecule has 1 atom stereocenters. The Hall–Kier alpha value is -1.97. The van der Waals surface area contributed by atoms with Crippen LogP contribution in [0.15, 0.2) is 32.7 Å². The molecule has 2 aromatic rings. The molecule has 0 aliphatic heterocycles. The third-order valence-corrected chi connectivity index (χ3v) is 5.86. The molecule has 0 bridgehead atoms. The first-order valence-electron chi connectivity index (χ1n) is 7.33. The predicted octanol–water partition coefficient (Wildman–Crippen LogP) is 0.244. The SMILES string of the molecule is CN(C(CO)C(C)(C)C)S(=O)(=O)c1ccc2[nH]c(=O)[nH]c(=O)c2c1. The van der Waals surface area contributed by atoms with Crippen molar-refractivity contribution in [2.75, 3.05) is 13.7 Å². The number of sulfonamides is 1. The smallest absolute Gasteiger partial charge is 0.326 e. The summed E-state index contributed by atoms with van der Waals surface area (Å²) in [4.78, 5) is 27.6. The second-order valence-electron chi connectivity index (χ2n) is 6.70. The Morgan fingerprint density at radius 2 is 1.83 bits per heavy atom. The third kappa shape index (κ3) is 3.28. The molecular weight excluding hydrogens is 334 g/mol. The van der Waals surface area contributed by atoms with E-state index in [2.05, 4.69) is 9.97 Å². The minimum Gasteiger partial charge on any atom is -0.395 e. The van der Waals surface area contributed by atoms with Gasteiger partial charge in [0.15, 0.2) is 0 Å². The van der Waals surface area contributed by atoms with Gasteiger partial charge in [0.05, 0.1) is 28.4 Å².